The largest absolute Gasteiger partial charge is 0.0870 e. The molecule has 0 heterocycles. The maximum absolute atomic E-state index is 2.34. The summed E-state index contributed by atoms with van der Waals surface area (Å²) in [4.78, 5) is 0. The molecule has 0 nitrogen and oxygen atoms in total. The second-order valence-electron chi connectivity index (χ2n) is 4.50. The van der Waals surface area contributed by atoms with E-state index < -0.39 is 0 Å². The van der Waals surface area contributed by atoms with E-state index in [2.05, 4.69) is 71.1 Å². The van der Waals surface area contributed by atoms with E-state index in [4.69, 9.17) is 0 Å². The van der Waals surface area contributed by atoms with Gasteiger partial charge in [0.05, 0.1) is 0 Å². The zero-order valence-electron chi connectivity index (χ0n) is 11.0. The highest BCUT2D eigenvalue weighted by Gasteiger charge is 1.98. The summed E-state index contributed by atoms with van der Waals surface area (Å²) in [6, 6.07) is 4.40. The Balaban J connectivity index is 3.70. The minimum absolute atomic E-state index is 0.574. The molecule has 0 aliphatic rings. The van der Waals surface area contributed by atoms with Crippen molar-refractivity contribution in [1.82, 2.24) is 0 Å². The van der Waals surface area contributed by atoms with Crippen LogP contribution in [0.15, 0.2) is 18.2 Å². The summed E-state index contributed by atoms with van der Waals surface area (Å²) in [6.07, 6.45) is 8.84. The van der Waals surface area contributed by atoms with Gasteiger partial charge in [0.2, 0.25) is 0 Å². The van der Waals surface area contributed by atoms with Gasteiger partial charge < -0.3 is 0 Å². The number of allylic oxidation sites excluding steroid dienone is 1. The molecule has 86 valence electrons. The molecule has 16 heavy (non-hydrogen) atoms. The van der Waals surface area contributed by atoms with Gasteiger partial charge in [-0.1, -0.05) is 50.3 Å². The third-order valence-electron chi connectivity index (χ3n) is 2.68. The van der Waals surface area contributed by atoms with Crippen LogP contribution in [-0.2, 0) is 0 Å². The molecule has 0 aromatic heterocycles. The van der Waals surface area contributed by atoms with Crippen molar-refractivity contribution in [2.75, 3.05) is 0 Å². The Hall–Kier alpha value is -1.30. The molecule has 0 saturated carbocycles. The molecule has 0 aliphatic carbocycles. The van der Waals surface area contributed by atoms with Gasteiger partial charge in [0.25, 0.3) is 0 Å². The Bertz CT molecular complexity index is 488. The van der Waals surface area contributed by atoms with Crippen LogP contribution >= 0.6 is 0 Å². The minimum Gasteiger partial charge on any atom is -0.0870 e. The standard InChI is InChI=1S/C16H22/c1-6-8-15-13(5)9-10-14(7-2)16(15)11-12(3)4/h6-12H,1-5H3/b8-6-,14-7-,16-11+. The molecule has 0 saturated heterocycles. The highest BCUT2D eigenvalue weighted by atomic mass is 14.0. The Morgan fingerprint density at radius 3 is 2.31 bits per heavy atom. The summed E-state index contributed by atoms with van der Waals surface area (Å²) >= 11 is 0. The average Bonchev–Trinajstić information content (AvgIpc) is 2.23. The molecule has 1 aromatic rings. The molecule has 0 spiro atoms. The van der Waals surface area contributed by atoms with E-state index in [1.54, 1.807) is 0 Å². The van der Waals surface area contributed by atoms with Crippen molar-refractivity contribution in [1.29, 1.82) is 0 Å². The van der Waals surface area contributed by atoms with E-state index in [1.165, 1.54) is 21.6 Å². The monoisotopic (exact) mass is 214 g/mol. The first-order chi connectivity index (χ1) is 7.60. The van der Waals surface area contributed by atoms with Crippen LogP contribution < -0.4 is 10.4 Å². The van der Waals surface area contributed by atoms with Crippen molar-refractivity contribution in [3.05, 3.63) is 39.8 Å². The van der Waals surface area contributed by atoms with Gasteiger partial charge >= 0.3 is 0 Å². The van der Waals surface area contributed by atoms with Gasteiger partial charge in [-0.3, -0.25) is 0 Å². The van der Waals surface area contributed by atoms with Crippen molar-refractivity contribution in [3.63, 3.8) is 0 Å². The number of aryl methyl sites for hydroxylation is 1. The van der Waals surface area contributed by atoms with Gasteiger partial charge in [-0.05, 0) is 48.3 Å². The van der Waals surface area contributed by atoms with Crippen LogP contribution in [0.3, 0.4) is 0 Å². The first kappa shape index (κ1) is 12.8. The maximum Gasteiger partial charge on any atom is -0.0150 e. The highest BCUT2D eigenvalue weighted by Crippen LogP contribution is 2.03. The van der Waals surface area contributed by atoms with E-state index in [1.807, 2.05) is 0 Å². The summed E-state index contributed by atoms with van der Waals surface area (Å²) < 4.78 is 0. The molecular weight excluding hydrogens is 192 g/mol. The number of hydrogen-bond donors (Lipinski definition) is 0. The first-order valence-corrected chi connectivity index (χ1v) is 6.00. The molecule has 0 radical (unpaired) electrons. The normalized spacial score (nSPS) is 14.4. The van der Waals surface area contributed by atoms with E-state index in [-0.39, 0.29) is 0 Å². The number of benzene rings is 1. The van der Waals surface area contributed by atoms with Gasteiger partial charge in [-0.25, -0.2) is 0 Å². The lowest BCUT2D eigenvalue weighted by Gasteiger charge is -2.05. The van der Waals surface area contributed by atoms with Crippen LogP contribution in [0.5, 0.6) is 0 Å². The van der Waals surface area contributed by atoms with Crippen LogP contribution in [-0.4, -0.2) is 0 Å². The molecule has 0 unspecified atom stereocenters. The fraction of sp³-hybridized carbons (Fsp3) is 0.375. The molecular formula is C16H22. The fourth-order valence-corrected chi connectivity index (χ4v) is 1.92. The molecule has 0 fully saturated rings. The molecule has 1 aromatic carbocycles. The highest BCUT2D eigenvalue weighted by molar-refractivity contribution is 5.57. The predicted molar refractivity (Wildman–Crippen MR) is 74.6 cm³/mol. The number of hydrogen-bond acceptors (Lipinski definition) is 0. The molecule has 0 atom stereocenters. The Kier molecular flexibility index (Phi) is 4.54. The first-order valence-electron chi connectivity index (χ1n) is 6.00. The third kappa shape index (κ3) is 2.85. The van der Waals surface area contributed by atoms with Gasteiger partial charge in [-0.2, -0.15) is 0 Å². The quantitative estimate of drug-likeness (QED) is 0.709. The lowest BCUT2D eigenvalue weighted by molar-refractivity contribution is 0.880. The van der Waals surface area contributed by atoms with Crippen molar-refractivity contribution < 1.29 is 0 Å². The van der Waals surface area contributed by atoms with Crippen LogP contribution in [0.25, 0.3) is 18.2 Å². The van der Waals surface area contributed by atoms with Crippen LogP contribution in [0.1, 0.15) is 38.8 Å². The Labute approximate surface area is 99.0 Å². The van der Waals surface area contributed by atoms with Crippen molar-refractivity contribution in [2.45, 2.75) is 34.6 Å². The van der Waals surface area contributed by atoms with Gasteiger partial charge in [0.1, 0.15) is 0 Å². The average molecular weight is 214 g/mol. The minimum atomic E-state index is 0.574. The smallest absolute Gasteiger partial charge is 0.0150 e. The van der Waals surface area contributed by atoms with Crippen molar-refractivity contribution in [3.8, 4) is 0 Å². The summed E-state index contributed by atoms with van der Waals surface area (Å²) in [5.41, 5.74) is 2.70. The Morgan fingerprint density at radius 1 is 1.12 bits per heavy atom. The van der Waals surface area contributed by atoms with Gasteiger partial charge in [0, 0.05) is 0 Å². The molecule has 1 rings (SSSR count). The fourth-order valence-electron chi connectivity index (χ4n) is 1.92. The SMILES string of the molecule is C/C=C\c1c(C)ccc(=C/C)/c1=C\C(C)C. The molecule has 0 N–H and O–H groups in total. The second kappa shape index (κ2) is 5.69. The predicted octanol–water partition coefficient (Wildman–Crippen LogP) is 3.27. The number of rotatable bonds is 2. The lowest BCUT2D eigenvalue weighted by atomic mass is 10.0. The molecule has 0 heteroatoms. The zero-order valence-corrected chi connectivity index (χ0v) is 11.0. The molecule has 0 bridgehead atoms. The summed E-state index contributed by atoms with van der Waals surface area (Å²) in [7, 11) is 0. The van der Waals surface area contributed by atoms with E-state index in [0.29, 0.717) is 5.92 Å². The topological polar surface area (TPSA) is 0 Å². The van der Waals surface area contributed by atoms with E-state index in [0.717, 1.165) is 0 Å². The van der Waals surface area contributed by atoms with Crippen LogP contribution in [0, 0.1) is 12.8 Å². The summed E-state index contributed by atoms with van der Waals surface area (Å²) in [6.45, 7) is 10.8. The van der Waals surface area contributed by atoms with Gasteiger partial charge in [-0.15, -0.1) is 0 Å². The Morgan fingerprint density at radius 2 is 1.81 bits per heavy atom. The van der Waals surface area contributed by atoms with E-state index >= 15 is 0 Å². The van der Waals surface area contributed by atoms with Crippen molar-refractivity contribution >= 4 is 18.2 Å². The van der Waals surface area contributed by atoms with Crippen molar-refractivity contribution in [2.24, 2.45) is 5.92 Å². The second-order valence-corrected chi connectivity index (χ2v) is 4.50. The maximum atomic E-state index is 2.34. The molecule has 0 aliphatic heterocycles. The lowest BCUT2D eigenvalue weighted by Crippen LogP contribution is -2.28. The summed E-state index contributed by atoms with van der Waals surface area (Å²) in [5.74, 6) is 0.574. The summed E-state index contributed by atoms with van der Waals surface area (Å²) in [5, 5.41) is 2.70. The van der Waals surface area contributed by atoms with Gasteiger partial charge in [0.15, 0.2) is 0 Å². The van der Waals surface area contributed by atoms with E-state index in [9.17, 15) is 0 Å². The zero-order chi connectivity index (χ0) is 12.1. The molecule has 0 amide bonds. The van der Waals surface area contributed by atoms with Crippen LogP contribution in [0.2, 0.25) is 0 Å². The third-order valence-corrected chi connectivity index (χ3v) is 2.68. The van der Waals surface area contributed by atoms with Crippen LogP contribution in [0.4, 0.5) is 0 Å².